The number of hydrogen-bond acceptors (Lipinski definition) is 6. The van der Waals surface area contributed by atoms with Crippen LogP contribution in [0, 0.1) is 0 Å². The van der Waals surface area contributed by atoms with Crippen molar-refractivity contribution in [2.75, 3.05) is 13.7 Å². The molecule has 1 aromatic heterocycles. The lowest BCUT2D eigenvalue weighted by Crippen LogP contribution is -2.39. The van der Waals surface area contributed by atoms with Crippen LogP contribution in [0.4, 0.5) is 0 Å². The van der Waals surface area contributed by atoms with Crippen LogP contribution in [0.1, 0.15) is 56.3 Å². The molecule has 1 atom stereocenters. The normalized spacial score (nSPS) is 15.7. The summed E-state index contributed by atoms with van der Waals surface area (Å²) in [6.45, 7) is 8.06. The molecule has 0 amide bonds. The number of thiazole rings is 1. The van der Waals surface area contributed by atoms with Crippen molar-refractivity contribution in [3.8, 4) is 5.75 Å². The predicted molar refractivity (Wildman–Crippen MR) is 142 cm³/mol. The summed E-state index contributed by atoms with van der Waals surface area (Å²) in [6, 6.07) is 13.0. The van der Waals surface area contributed by atoms with Gasteiger partial charge >= 0.3 is 5.97 Å². The molecule has 0 saturated carbocycles. The van der Waals surface area contributed by atoms with Crippen LogP contribution in [0.3, 0.4) is 0 Å². The number of aromatic nitrogens is 1. The van der Waals surface area contributed by atoms with Gasteiger partial charge in [0.25, 0.3) is 5.56 Å². The molecule has 8 heteroatoms. The van der Waals surface area contributed by atoms with E-state index in [9.17, 15) is 9.59 Å². The van der Waals surface area contributed by atoms with Crippen molar-refractivity contribution < 1.29 is 14.3 Å². The zero-order valence-corrected chi connectivity index (χ0v) is 22.7. The Morgan fingerprint density at radius 1 is 1.23 bits per heavy atom. The number of allylic oxidation sites excluding steroid dienone is 1. The molecule has 182 valence electrons. The van der Waals surface area contributed by atoms with E-state index in [1.165, 1.54) is 16.9 Å². The smallest absolute Gasteiger partial charge is 0.338 e. The molecule has 0 aliphatic carbocycles. The number of fused-ring (bicyclic) bond motifs is 1. The molecule has 6 nitrogen and oxygen atoms in total. The maximum Gasteiger partial charge on any atom is 0.338 e. The van der Waals surface area contributed by atoms with E-state index in [0.29, 0.717) is 32.3 Å². The highest BCUT2D eigenvalue weighted by atomic mass is 79.9. The topological polar surface area (TPSA) is 69.9 Å². The zero-order chi connectivity index (χ0) is 25.3. The number of rotatable bonds is 6. The van der Waals surface area contributed by atoms with Crippen molar-refractivity contribution in [2.24, 2.45) is 4.99 Å². The first-order valence-corrected chi connectivity index (χ1v) is 13.0. The molecule has 1 unspecified atom stereocenters. The first kappa shape index (κ1) is 25.1. The molecule has 1 aliphatic rings. The SMILES string of the molecule is CCOC(=O)C1=C(C)N=c2s/c(=C\c3ccc(C(C)C)cc3)c(=O)n2C1c1ccc(OC)c(Br)c1. The molecule has 0 bridgehead atoms. The van der Waals surface area contributed by atoms with Crippen LogP contribution >= 0.6 is 27.3 Å². The third-order valence-corrected chi connectivity index (χ3v) is 7.51. The first-order chi connectivity index (χ1) is 16.7. The Hall–Kier alpha value is -2.97. The molecule has 35 heavy (non-hydrogen) atoms. The van der Waals surface area contributed by atoms with Gasteiger partial charge in [0.15, 0.2) is 4.80 Å². The fourth-order valence-corrected chi connectivity index (χ4v) is 5.69. The fourth-order valence-electron chi connectivity index (χ4n) is 4.09. The standard InChI is InChI=1S/C27H27BrN2O4S/c1-6-34-26(32)23-16(4)29-27-30(24(23)19-11-12-21(33-5)20(28)14-19)25(31)22(35-27)13-17-7-9-18(10-8-17)15(2)3/h7-15,24H,6H2,1-5H3/b22-13-. The van der Waals surface area contributed by atoms with Gasteiger partial charge in [0.2, 0.25) is 0 Å². The summed E-state index contributed by atoms with van der Waals surface area (Å²) in [5.74, 6) is 0.607. The summed E-state index contributed by atoms with van der Waals surface area (Å²) in [5, 5.41) is 0. The van der Waals surface area contributed by atoms with Gasteiger partial charge in [-0.1, -0.05) is 55.5 Å². The number of nitrogens with zero attached hydrogens (tertiary/aromatic N) is 2. The first-order valence-electron chi connectivity index (χ1n) is 11.4. The molecule has 0 spiro atoms. The molecule has 0 fully saturated rings. The molecule has 2 aromatic carbocycles. The van der Waals surface area contributed by atoms with Crippen molar-refractivity contribution in [2.45, 2.75) is 39.7 Å². The average Bonchev–Trinajstić information content (AvgIpc) is 3.12. The highest BCUT2D eigenvalue weighted by molar-refractivity contribution is 9.10. The highest BCUT2D eigenvalue weighted by Crippen LogP contribution is 2.35. The lowest BCUT2D eigenvalue weighted by atomic mass is 9.96. The minimum atomic E-state index is -0.669. The third-order valence-electron chi connectivity index (χ3n) is 5.91. The zero-order valence-electron chi connectivity index (χ0n) is 20.3. The van der Waals surface area contributed by atoms with Gasteiger partial charge in [-0.3, -0.25) is 9.36 Å². The molecule has 0 radical (unpaired) electrons. The second kappa shape index (κ2) is 10.3. The van der Waals surface area contributed by atoms with Gasteiger partial charge in [-0.25, -0.2) is 9.79 Å². The summed E-state index contributed by atoms with van der Waals surface area (Å²) in [7, 11) is 1.59. The monoisotopic (exact) mass is 554 g/mol. The Labute approximate surface area is 216 Å². The molecule has 0 N–H and O–H groups in total. The minimum Gasteiger partial charge on any atom is -0.496 e. The quantitative estimate of drug-likeness (QED) is 0.414. The lowest BCUT2D eigenvalue weighted by molar-refractivity contribution is -0.139. The Kier molecular flexibility index (Phi) is 7.42. The average molecular weight is 555 g/mol. The van der Waals surface area contributed by atoms with Crippen LogP contribution in [0.25, 0.3) is 6.08 Å². The van der Waals surface area contributed by atoms with Crippen LogP contribution in [0.2, 0.25) is 0 Å². The Morgan fingerprint density at radius 2 is 1.94 bits per heavy atom. The summed E-state index contributed by atoms with van der Waals surface area (Å²) in [5.41, 5.74) is 3.61. The van der Waals surface area contributed by atoms with Gasteiger partial charge < -0.3 is 9.47 Å². The number of methoxy groups -OCH3 is 1. The minimum absolute atomic E-state index is 0.201. The number of carbonyl (C=O) groups excluding carboxylic acids is 1. The third kappa shape index (κ3) is 4.90. The van der Waals surface area contributed by atoms with Gasteiger partial charge in [-0.15, -0.1) is 0 Å². The number of esters is 1. The maximum atomic E-state index is 13.7. The van der Waals surface area contributed by atoms with Crippen LogP contribution < -0.4 is 19.6 Å². The molecular formula is C27H27BrN2O4S. The van der Waals surface area contributed by atoms with E-state index in [1.54, 1.807) is 25.5 Å². The lowest BCUT2D eigenvalue weighted by Gasteiger charge is -2.25. The van der Waals surface area contributed by atoms with E-state index in [2.05, 4.69) is 46.9 Å². The molecular weight excluding hydrogens is 528 g/mol. The van der Waals surface area contributed by atoms with Gasteiger partial charge in [0, 0.05) is 0 Å². The number of ether oxygens (including phenoxy) is 2. The number of carbonyl (C=O) groups is 1. The molecule has 1 aliphatic heterocycles. The van der Waals surface area contributed by atoms with Gasteiger partial charge in [0.05, 0.1) is 40.0 Å². The second-order valence-corrected chi connectivity index (χ2v) is 10.4. The van der Waals surface area contributed by atoms with Crippen LogP contribution in [-0.2, 0) is 9.53 Å². The summed E-state index contributed by atoms with van der Waals surface area (Å²) in [4.78, 5) is 31.9. The van der Waals surface area contributed by atoms with E-state index >= 15 is 0 Å². The van der Waals surface area contributed by atoms with Crippen molar-refractivity contribution in [1.82, 2.24) is 4.57 Å². The number of hydrogen-bond donors (Lipinski definition) is 0. The highest BCUT2D eigenvalue weighted by Gasteiger charge is 2.33. The number of halogens is 1. The largest absolute Gasteiger partial charge is 0.496 e. The van der Waals surface area contributed by atoms with Crippen molar-refractivity contribution in [1.29, 1.82) is 0 Å². The summed E-state index contributed by atoms with van der Waals surface area (Å²) >= 11 is 4.84. The summed E-state index contributed by atoms with van der Waals surface area (Å²) < 4.78 is 13.6. The molecule has 4 rings (SSSR count). The number of benzene rings is 2. The molecule has 2 heterocycles. The van der Waals surface area contributed by atoms with Gasteiger partial charge in [-0.2, -0.15) is 0 Å². The van der Waals surface area contributed by atoms with E-state index in [0.717, 1.165) is 15.6 Å². The van der Waals surface area contributed by atoms with Crippen molar-refractivity contribution in [3.63, 3.8) is 0 Å². The Bertz CT molecular complexity index is 1480. The van der Waals surface area contributed by atoms with Crippen LogP contribution in [0.5, 0.6) is 5.75 Å². The van der Waals surface area contributed by atoms with Crippen LogP contribution in [0.15, 0.2) is 68.0 Å². The molecule has 3 aromatic rings. The van der Waals surface area contributed by atoms with E-state index in [1.807, 2.05) is 36.4 Å². The van der Waals surface area contributed by atoms with E-state index < -0.39 is 12.0 Å². The van der Waals surface area contributed by atoms with E-state index in [-0.39, 0.29) is 12.2 Å². The predicted octanol–water partition coefficient (Wildman–Crippen LogP) is 4.69. The van der Waals surface area contributed by atoms with Crippen LogP contribution in [-0.4, -0.2) is 24.3 Å². The van der Waals surface area contributed by atoms with Crippen molar-refractivity contribution in [3.05, 3.63) is 94.6 Å². The van der Waals surface area contributed by atoms with Gasteiger partial charge in [0.1, 0.15) is 5.75 Å². The summed E-state index contributed by atoms with van der Waals surface area (Å²) in [6.07, 6.45) is 1.87. The van der Waals surface area contributed by atoms with E-state index in [4.69, 9.17) is 9.47 Å². The Morgan fingerprint density at radius 3 is 2.54 bits per heavy atom. The maximum absolute atomic E-state index is 13.7. The van der Waals surface area contributed by atoms with Crippen molar-refractivity contribution >= 4 is 39.3 Å². The second-order valence-electron chi connectivity index (χ2n) is 8.52. The van der Waals surface area contributed by atoms with Gasteiger partial charge in [-0.05, 0) is 70.6 Å². The fraction of sp³-hybridized carbons (Fsp3) is 0.296. The molecule has 0 saturated heterocycles. The Balaban J connectivity index is 1.91.